The third-order valence-electron chi connectivity index (χ3n) is 2.19. The minimum Gasteiger partial charge on any atom is -0.469 e. The van der Waals surface area contributed by atoms with Crippen LogP contribution in [0.2, 0.25) is 0 Å². The highest BCUT2D eigenvalue weighted by Crippen LogP contribution is 2.14. The summed E-state index contributed by atoms with van der Waals surface area (Å²) in [6.07, 6.45) is 1.45. The summed E-state index contributed by atoms with van der Waals surface area (Å²) in [6.45, 7) is 3.30. The standard InChI is InChI=1S/C13H17N2O3/c1-9(8-13(17)18-3)14-11-4-6-12(7-5-11)15-10(2)16/h4-9,14H,1-3H3,(H,15,16). The van der Waals surface area contributed by atoms with Gasteiger partial charge in [-0.15, -0.1) is 0 Å². The lowest BCUT2D eigenvalue weighted by molar-refractivity contribution is -0.136. The van der Waals surface area contributed by atoms with Crippen LogP contribution in [0.25, 0.3) is 0 Å². The predicted molar refractivity (Wildman–Crippen MR) is 70.1 cm³/mol. The number of ether oxygens (including phenoxy) is 1. The van der Waals surface area contributed by atoms with Gasteiger partial charge in [-0.05, 0) is 31.2 Å². The molecule has 5 heteroatoms. The van der Waals surface area contributed by atoms with Crippen LogP contribution in [0.5, 0.6) is 0 Å². The Kier molecular flexibility index (Phi) is 5.17. The van der Waals surface area contributed by atoms with Crippen molar-refractivity contribution in [2.45, 2.75) is 19.9 Å². The Balaban J connectivity index is 2.52. The average molecular weight is 249 g/mol. The Morgan fingerprint density at radius 2 is 1.78 bits per heavy atom. The molecule has 0 aliphatic carbocycles. The third-order valence-corrected chi connectivity index (χ3v) is 2.19. The molecular weight excluding hydrogens is 232 g/mol. The van der Waals surface area contributed by atoms with E-state index in [0.29, 0.717) is 0 Å². The Morgan fingerprint density at radius 1 is 1.22 bits per heavy atom. The number of amides is 1. The maximum atomic E-state index is 11.0. The highest BCUT2D eigenvalue weighted by atomic mass is 16.5. The van der Waals surface area contributed by atoms with E-state index in [1.54, 1.807) is 12.1 Å². The van der Waals surface area contributed by atoms with Crippen molar-refractivity contribution in [1.29, 1.82) is 0 Å². The molecule has 0 fully saturated rings. The Morgan fingerprint density at radius 3 is 2.28 bits per heavy atom. The number of hydrogen-bond acceptors (Lipinski definition) is 4. The molecule has 1 radical (unpaired) electrons. The molecule has 0 bridgehead atoms. The van der Waals surface area contributed by atoms with Crippen LogP contribution in [0.15, 0.2) is 24.3 Å². The first kappa shape index (κ1) is 14.0. The van der Waals surface area contributed by atoms with E-state index in [1.807, 2.05) is 19.1 Å². The number of carbonyl (C=O) groups excluding carboxylic acids is 2. The molecule has 0 saturated heterocycles. The Labute approximate surface area is 107 Å². The largest absolute Gasteiger partial charge is 0.469 e. The molecule has 1 atom stereocenters. The summed E-state index contributed by atoms with van der Waals surface area (Å²) in [6, 6.07) is 7.09. The number of methoxy groups -OCH3 is 1. The highest BCUT2D eigenvalue weighted by molar-refractivity contribution is 5.88. The topological polar surface area (TPSA) is 67.4 Å². The van der Waals surface area contributed by atoms with Gasteiger partial charge in [0.15, 0.2) is 0 Å². The van der Waals surface area contributed by atoms with E-state index < -0.39 is 0 Å². The van der Waals surface area contributed by atoms with Gasteiger partial charge in [0.05, 0.1) is 13.5 Å². The van der Waals surface area contributed by atoms with Crippen molar-refractivity contribution < 1.29 is 14.3 Å². The van der Waals surface area contributed by atoms with Gasteiger partial charge < -0.3 is 15.4 Å². The SMILES string of the molecule is COC(=O)[CH]C(C)Nc1ccc(NC(C)=O)cc1. The number of anilines is 2. The Bertz CT molecular complexity index is 415. The summed E-state index contributed by atoms with van der Waals surface area (Å²) in [4.78, 5) is 21.9. The van der Waals surface area contributed by atoms with Gasteiger partial charge in [-0.2, -0.15) is 0 Å². The zero-order valence-electron chi connectivity index (χ0n) is 10.7. The van der Waals surface area contributed by atoms with Gasteiger partial charge in [0, 0.05) is 24.3 Å². The molecular formula is C13H17N2O3. The molecule has 18 heavy (non-hydrogen) atoms. The fraction of sp³-hybridized carbons (Fsp3) is 0.308. The highest BCUT2D eigenvalue weighted by Gasteiger charge is 2.09. The second-order valence-electron chi connectivity index (χ2n) is 3.88. The van der Waals surface area contributed by atoms with Crippen molar-refractivity contribution in [2.75, 3.05) is 17.7 Å². The molecule has 97 valence electrons. The van der Waals surface area contributed by atoms with E-state index in [4.69, 9.17) is 0 Å². The van der Waals surface area contributed by atoms with Crippen molar-refractivity contribution in [1.82, 2.24) is 0 Å². The number of carbonyl (C=O) groups is 2. The van der Waals surface area contributed by atoms with Crippen molar-refractivity contribution >= 4 is 23.3 Å². The van der Waals surface area contributed by atoms with Gasteiger partial charge in [0.2, 0.25) is 5.91 Å². The first-order valence-electron chi connectivity index (χ1n) is 5.58. The molecule has 1 unspecified atom stereocenters. The summed E-state index contributed by atoms with van der Waals surface area (Å²) in [5, 5.41) is 5.80. The molecule has 1 amide bonds. The van der Waals surface area contributed by atoms with Crippen LogP contribution in [0.1, 0.15) is 13.8 Å². The first-order chi connectivity index (χ1) is 8.51. The maximum absolute atomic E-state index is 11.0. The van der Waals surface area contributed by atoms with Gasteiger partial charge in [-0.3, -0.25) is 9.59 Å². The van der Waals surface area contributed by atoms with Crippen molar-refractivity contribution in [2.24, 2.45) is 0 Å². The zero-order valence-corrected chi connectivity index (χ0v) is 10.7. The smallest absolute Gasteiger partial charge is 0.311 e. The van der Waals surface area contributed by atoms with E-state index in [2.05, 4.69) is 15.4 Å². The van der Waals surface area contributed by atoms with E-state index in [-0.39, 0.29) is 17.9 Å². The molecule has 5 nitrogen and oxygen atoms in total. The van der Waals surface area contributed by atoms with Crippen LogP contribution in [-0.4, -0.2) is 25.0 Å². The fourth-order valence-electron chi connectivity index (χ4n) is 1.43. The van der Waals surface area contributed by atoms with Gasteiger partial charge in [-0.25, -0.2) is 0 Å². The van der Waals surface area contributed by atoms with E-state index in [9.17, 15) is 9.59 Å². The summed E-state index contributed by atoms with van der Waals surface area (Å²) in [5.74, 6) is -0.479. The molecule has 0 heterocycles. The number of esters is 1. The quantitative estimate of drug-likeness (QED) is 0.781. The number of benzene rings is 1. The summed E-state index contributed by atoms with van der Waals surface area (Å²) in [5.41, 5.74) is 1.59. The minimum absolute atomic E-state index is 0.108. The van der Waals surface area contributed by atoms with E-state index in [0.717, 1.165) is 11.4 Å². The first-order valence-corrected chi connectivity index (χ1v) is 5.58. The van der Waals surface area contributed by atoms with Gasteiger partial charge in [-0.1, -0.05) is 0 Å². The summed E-state index contributed by atoms with van der Waals surface area (Å²) >= 11 is 0. The van der Waals surface area contributed by atoms with Crippen molar-refractivity contribution in [3.63, 3.8) is 0 Å². The molecule has 0 saturated carbocycles. The van der Waals surface area contributed by atoms with Crippen LogP contribution >= 0.6 is 0 Å². The van der Waals surface area contributed by atoms with Crippen LogP contribution < -0.4 is 10.6 Å². The second kappa shape index (κ2) is 6.64. The van der Waals surface area contributed by atoms with Gasteiger partial charge in [0.1, 0.15) is 0 Å². The van der Waals surface area contributed by atoms with E-state index in [1.165, 1.54) is 20.5 Å². The molecule has 0 aliphatic heterocycles. The molecule has 0 aliphatic rings. The van der Waals surface area contributed by atoms with Gasteiger partial charge in [0.25, 0.3) is 0 Å². The number of rotatable bonds is 5. The van der Waals surface area contributed by atoms with Crippen LogP contribution in [0, 0.1) is 6.42 Å². The van der Waals surface area contributed by atoms with Crippen LogP contribution in [0.3, 0.4) is 0 Å². The number of nitrogens with one attached hydrogen (secondary N) is 2. The monoisotopic (exact) mass is 249 g/mol. The second-order valence-corrected chi connectivity index (χ2v) is 3.88. The lowest BCUT2D eigenvalue weighted by atomic mass is 10.2. The lowest BCUT2D eigenvalue weighted by Gasteiger charge is -2.14. The number of hydrogen-bond donors (Lipinski definition) is 2. The maximum Gasteiger partial charge on any atom is 0.311 e. The molecule has 1 rings (SSSR count). The molecule has 1 aromatic carbocycles. The van der Waals surface area contributed by atoms with E-state index >= 15 is 0 Å². The van der Waals surface area contributed by atoms with Crippen LogP contribution in [0.4, 0.5) is 11.4 Å². The van der Waals surface area contributed by atoms with Crippen molar-refractivity contribution in [3.8, 4) is 0 Å². The molecule has 0 spiro atoms. The summed E-state index contributed by atoms with van der Waals surface area (Å²) < 4.78 is 4.54. The lowest BCUT2D eigenvalue weighted by Crippen LogP contribution is -2.21. The minimum atomic E-state index is -0.370. The zero-order chi connectivity index (χ0) is 13.5. The predicted octanol–water partition coefficient (Wildman–Crippen LogP) is 1.82. The average Bonchev–Trinajstić information content (AvgIpc) is 2.30. The van der Waals surface area contributed by atoms with Crippen LogP contribution in [-0.2, 0) is 14.3 Å². The van der Waals surface area contributed by atoms with Gasteiger partial charge >= 0.3 is 5.97 Å². The van der Waals surface area contributed by atoms with Crippen molar-refractivity contribution in [3.05, 3.63) is 30.7 Å². The Hall–Kier alpha value is -2.04. The molecule has 2 N–H and O–H groups in total. The normalized spacial score (nSPS) is 11.5. The fourth-order valence-corrected chi connectivity index (χ4v) is 1.43. The third kappa shape index (κ3) is 4.86. The molecule has 0 aromatic heterocycles. The molecule has 1 aromatic rings. The summed E-state index contributed by atoms with van der Waals surface area (Å²) in [7, 11) is 1.34.